The first-order valence-electron chi connectivity index (χ1n) is 6.25. The van der Waals surface area contributed by atoms with Crippen LogP contribution in [-0.2, 0) is 23.1 Å². The van der Waals surface area contributed by atoms with Crippen LogP contribution in [0.1, 0.15) is 11.4 Å². The Morgan fingerprint density at radius 2 is 2.14 bits per heavy atom. The van der Waals surface area contributed by atoms with Gasteiger partial charge in [-0.2, -0.15) is 4.31 Å². The van der Waals surface area contributed by atoms with Crippen LogP contribution in [0.5, 0.6) is 0 Å². The van der Waals surface area contributed by atoms with Crippen LogP contribution in [0, 0.1) is 0 Å². The van der Waals surface area contributed by atoms with E-state index in [0.29, 0.717) is 24.5 Å². The Kier molecular flexibility index (Phi) is 3.47. The molecule has 7 nitrogen and oxygen atoms in total. The summed E-state index contributed by atoms with van der Waals surface area (Å²) in [7, 11) is -3.60. The van der Waals surface area contributed by atoms with Crippen LogP contribution in [0.3, 0.4) is 0 Å². The van der Waals surface area contributed by atoms with Crippen molar-refractivity contribution in [3.63, 3.8) is 0 Å². The topological polar surface area (TPSA) is 94.1 Å². The second-order valence-corrected chi connectivity index (χ2v) is 7.05. The summed E-state index contributed by atoms with van der Waals surface area (Å²) in [6.45, 7) is 1.13. The molecule has 2 N–H and O–H groups in total. The average molecular weight is 323 g/mol. The fraction of sp³-hybridized carbons (Fsp3) is 0.250. The van der Waals surface area contributed by atoms with E-state index in [1.165, 1.54) is 16.4 Å². The van der Waals surface area contributed by atoms with Crippen molar-refractivity contribution in [2.45, 2.75) is 18.0 Å². The van der Waals surface area contributed by atoms with E-state index in [1.54, 1.807) is 18.5 Å². The second-order valence-electron chi connectivity index (χ2n) is 4.67. The number of fused-ring (bicyclic) bond motifs is 1. The van der Waals surface area contributed by atoms with E-state index < -0.39 is 10.0 Å². The van der Waals surface area contributed by atoms with Crippen LogP contribution in [0.25, 0.3) is 0 Å². The maximum Gasteiger partial charge on any atom is 0.243 e. The van der Waals surface area contributed by atoms with E-state index in [-0.39, 0.29) is 16.4 Å². The molecule has 1 aromatic carbocycles. The molecule has 3 rings (SSSR count). The van der Waals surface area contributed by atoms with Crippen molar-refractivity contribution >= 4 is 27.2 Å². The van der Waals surface area contributed by atoms with Gasteiger partial charge < -0.3 is 10.3 Å². The van der Waals surface area contributed by atoms with Gasteiger partial charge in [0.25, 0.3) is 0 Å². The highest BCUT2D eigenvalue weighted by Crippen LogP contribution is 2.21. The van der Waals surface area contributed by atoms with Crippen molar-refractivity contribution < 1.29 is 8.42 Å². The Bertz CT molecular complexity index is 799. The quantitative estimate of drug-likeness (QED) is 0.806. The number of sulfonamides is 1. The first-order valence-corrected chi connectivity index (χ1v) is 8.10. The molecule has 2 aromatic rings. The van der Waals surface area contributed by atoms with Crippen LogP contribution < -0.4 is 5.73 Å². The third-order valence-corrected chi connectivity index (χ3v) is 5.44. The summed E-state index contributed by atoms with van der Waals surface area (Å²) in [5, 5.41) is 7.71. The predicted octanol–water partition coefficient (Wildman–Crippen LogP) is 0.117. The summed E-state index contributed by atoms with van der Waals surface area (Å²) in [5.41, 5.74) is 6.09. The largest absolute Gasteiger partial charge is 0.389 e. The van der Waals surface area contributed by atoms with Crippen LogP contribution in [-0.4, -0.2) is 39.0 Å². The fourth-order valence-electron chi connectivity index (χ4n) is 2.21. The zero-order valence-corrected chi connectivity index (χ0v) is 12.6. The van der Waals surface area contributed by atoms with Crippen LogP contribution in [0.15, 0.2) is 35.5 Å². The average Bonchev–Trinajstić information content (AvgIpc) is 2.94. The number of nitrogens with two attached hydrogens (primary N) is 1. The SMILES string of the molecule is NC(=S)c1cccc(S(=O)(=O)N2CCn3cnnc3C2)c1. The Hall–Kier alpha value is -1.84. The normalized spacial score (nSPS) is 15.6. The summed E-state index contributed by atoms with van der Waals surface area (Å²) in [5.74, 6) is 0.635. The zero-order valence-electron chi connectivity index (χ0n) is 11.0. The lowest BCUT2D eigenvalue weighted by atomic mass is 10.2. The van der Waals surface area contributed by atoms with Gasteiger partial charge in [-0.1, -0.05) is 24.4 Å². The minimum absolute atomic E-state index is 0.172. The van der Waals surface area contributed by atoms with Crippen molar-refractivity contribution in [3.05, 3.63) is 42.0 Å². The number of rotatable bonds is 3. The monoisotopic (exact) mass is 323 g/mol. The maximum atomic E-state index is 12.7. The van der Waals surface area contributed by atoms with Gasteiger partial charge in [0.2, 0.25) is 10.0 Å². The van der Waals surface area contributed by atoms with Gasteiger partial charge in [0.1, 0.15) is 17.1 Å². The number of benzene rings is 1. The molecule has 1 aliphatic heterocycles. The van der Waals surface area contributed by atoms with Crippen molar-refractivity contribution in [1.82, 2.24) is 19.1 Å². The standard InChI is InChI=1S/C12H13N5O2S2/c13-12(20)9-2-1-3-10(6-9)21(18,19)17-5-4-16-8-14-15-11(16)7-17/h1-3,6,8H,4-5,7H2,(H2,13,20). The Morgan fingerprint density at radius 3 is 2.90 bits per heavy atom. The summed E-state index contributed by atoms with van der Waals surface area (Å²) in [6, 6.07) is 6.36. The third kappa shape index (κ3) is 2.55. The van der Waals surface area contributed by atoms with Gasteiger partial charge in [0.05, 0.1) is 11.4 Å². The Labute approximate surface area is 127 Å². The van der Waals surface area contributed by atoms with E-state index in [0.717, 1.165) is 0 Å². The first kappa shape index (κ1) is 14.1. The molecule has 0 saturated heterocycles. The molecule has 0 atom stereocenters. The van der Waals surface area contributed by atoms with Crippen LogP contribution in [0.4, 0.5) is 0 Å². The molecule has 0 saturated carbocycles. The molecule has 2 heterocycles. The molecule has 9 heteroatoms. The molecule has 21 heavy (non-hydrogen) atoms. The molecular formula is C12H13N5O2S2. The van der Waals surface area contributed by atoms with E-state index in [1.807, 2.05) is 4.57 Å². The second kappa shape index (κ2) is 5.17. The molecule has 110 valence electrons. The van der Waals surface area contributed by atoms with E-state index in [2.05, 4.69) is 10.2 Å². The van der Waals surface area contributed by atoms with Gasteiger partial charge in [-0.3, -0.25) is 0 Å². The molecule has 0 unspecified atom stereocenters. The van der Waals surface area contributed by atoms with Crippen LogP contribution in [0.2, 0.25) is 0 Å². The van der Waals surface area contributed by atoms with Crippen LogP contribution >= 0.6 is 12.2 Å². The molecule has 0 bridgehead atoms. The molecule has 0 aliphatic carbocycles. The van der Waals surface area contributed by atoms with Crippen molar-refractivity contribution in [3.8, 4) is 0 Å². The minimum Gasteiger partial charge on any atom is -0.389 e. The number of thiocarbonyl (C=S) groups is 1. The highest BCUT2D eigenvalue weighted by molar-refractivity contribution is 7.89. The van der Waals surface area contributed by atoms with Gasteiger partial charge in [0, 0.05) is 18.7 Å². The summed E-state index contributed by atoms with van der Waals surface area (Å²) < 4.78 is 28.6. The van der Waals surface area contributed by atoms with Crippen molar-refractivity contribution in [2.24, 2.45) is 5.73 Å². The fourth-order valence-corrected chi connectivity index (χ4v) is 3.77. The van der Waals surface area contributed by atoms with Gasteiger partial charge in [0.15, 0.2) is 0 Å². The van der Waals surface area contributed by atoms with Crippen molar-refractivity contribution in [1.29, 1.82) is 0 Å². The smallest absolute Gasteiger partial charge is 0.243 e. The molecule has 1 aromatic heterocycles. The van der Waals surface area contributed by atoms with Gasteiger partial charge in [-0.05, 0) is 12.1 Å². The lowest BCUT2D eigenvalue weighted by molar-refractivity contribution is 0.335. The molecular weight excluding hydrogens is 310 g/mol. The molecule has 0 amide bonds. The number of hydrogen-bond donors (Lipinski definition) is 1. The van der Waals surface area contributed by atoms with E-state index in [4.69, 9.17) is 18.0 Å². The number of nitrogens with zero attached hydrogens (tertiary/aromatic N) is 4. The van der Waals surface area contributed by atoms with Gasteiger partial charge in [-0.15, -0.1) is 10.2 Å². The van der Waals surface area contributed by atoms with Gasteiger partial charge in [-0.25, -0.2) is 8.42 Å². The lowest BCUT2D eigenvalue weighted by Crippen LogP contribution is -2.38. The number of hydrogen-bond acceptors (Lipinski definition) is 5. The zero-order chi connectivity index (χ0) is 15.0. The van der Waals surface area contributed by atoms with Crippen molar-refractivity contribution in [2.75, 3.05) is 6.54 Å². The highest BCUT2D eigenvalue weighted by Gasteiger charge is 2.29. The van der Waals surface area contributed by atoms with Gasteiger partial charge >= 0.3 is 0 Å². The first-order chi connectivity index (χ1) is 9.98. The Balaban J connectivity index is 1.94. The molecule has 0 spiro atoms. The third-order valence-electron chi connectivity index (χ3n) is 3.36. The molecule has 0 radical (unpaired) electrons. The van der Waals surface area contributed by atoms with E-state index >= 15 is 0 Å². The minimum atomic E-state index is -3.60. The molecule has 0 fully saturated rings. The van der Waals surface area contributed by atoms with E-state index in [9.17, 15) is 8.42 Å². The molecule has 1 aliphatic rings. The summed E-state index contributed by atoms with van der Waals surface area (Å²) in [6.07, 6.45) is 1.60. The predicted molar refractivity (Wildman–Crippen MR) is 79.9 cm³/mol. The lowest BCUT2D eigenvalue weighted by Gasteiger charge is -2.26. The summed E-state index contributed by atoms with van der Waals surface area (Å²) >= 11 is 4.89. The maximum absolute atomic E-state index is 12.7. The highest BCUT2D eigenvalue weighted by atomic mass is 32.2. The summed E-state index contributed by atoms with van der Waals surface area (Å²) in [4.78, 5) is 0.353. The Morgan fingerprint density at radius 1 is 1.33 bits per heavy atom. The number of aromatic nitrogens is 3.